The van der Waals surface area contributed by atoms with Gasteiger partial charge in [0.2, 0.25) is 0 Å². The number of esters is 1. The molecule has 0 saturated carbocycles. The van der Waals surface area contributed by atoms with Gasteiger partial charge in [-0.15, -0.1) is 0 Å². The molecule has 1 aliphatic rings. The highest BCUT2D eigenvalue weighted by atomic mass is 16.6. The molecule has 1 fully saturated rings. The Balaban J connectivity index is 1.89. The highest BCUT2D eigenvalue weighted by Gasteiger charge is 2.25. The van der Waals surface area contributed by atoms with Crippen LogP contribution >= 0.6 is 0 Å². The molecule has 0 spiro atoms. The number of aryl methyl sites for hydroxylation is 1. The number of hydrogen-bond donors (Lipinski definition) is 0. The quantitative estimate of drug-likeness (QED) is 0.160. The average Bonchev–Trinajstić information content (AvgIpc) is 3.44. The van der Waals surface area contributed by atoms with E-state index in [9.17, 15) is 24.5 Å². The van der Waals surface area contributed by atoms with Crippen LogP contribution in [0.4, 0.5) is 5.69 Å². The lowest BCUT2D eigenvalue weighted by Gasteiger charge is -2.18. The number of hydrogen-bond acceptors (Lipinski definition) is 8. The van der Waals surface area contributed by atoms with Crippen molar-refractivity contribution in [2.45, 2.75) is 39.3 Å². The van der Waals surface area contributed by atoms with Gasteiger partial charge in [-0.25, -0.2) is 9.78 Å². The third-order valence-corrected chi connectivity index (χ3v) is 6.55. The lowest BCUT2D eigenvalue weighted by atomic mass is 10.1. The molecule has 0 bridgehead atoms. The fourth-order valence-corrected chi connectivity index (χ4v) is 4.70. The highest BCUT2D eigenvalue weighted by molar-refractivity contribution is 6.00. The number of pyridine rings is 2. The number of aromatic nitrogens is 3. The molecule has 0 N–H and O–H groups in total. The predicted octanol–water partition coefficient (Wildman–Crippen LogP) is 2.96. The van der Waals surface area contributed by atoms with Crippen LogP contribution in [0.25, 0.3) is 16.7 Å². The van der Waals surface area contributed by atoms with E-state index in [2.05, 4.69) is 4.99 Å². The zero-order valence-electron chi connectivity index (χ0n) is 21.3. The van der Waals surface area contributed by atoms with Gasteiger partial charge in [0.05, 0.1) is 29.6 Å². The van der Waals surface area contributed by atoms with Gasteiger partial charge in [-0.2, -0.15) is 4.99 Å². The van der Waals surface area contributed by atoms with Crippen LogP contribution in [0.1, 0.15) is 46.0 Å². The Hall–Kier alpha value is -4.71. The summed E-state index contributed by atoms with van der Waals surface area (Å²) in [6.45, 7) is 4.16. The van der Waals surface area contributed by atoms with Crippen molar-refractivity contribution >= 4 is 34.2 Å². The van der Waals surface area contributed by atoms with Gasteiger partial charge in [0, 0.05) is 18.9 Å². The second-order valence-electron chi connectivity index (χ2n) is 9.08. The summed E-state index contributed by atoms with van der Waals surface area (Å²) < 4.78 is 14.0. The zero-order chi connectivity index (χ0) is 27.7. The Morgan fingerprint density at radius 2 is 2.00 bits per heavy atom. The summed E-state index contributed by atoms with van der Waals surface area (Å²) in [4.78, 5) is 60.0. The first kappa shape index (κ1) is 25.9. The van der Waals surface area contributed by atoms with Gasteiger partial charge in [0.15, 0.2) is 5.49 Å². The molecule has 12 nitrogen and oxygen atoms in total. The van der Waals surface area contributed by atoms with Crippen LogP contribution < -0.4 is 11.0 Å². The molecule has 200 valence electrons. The number of para-hydroxylation sites is 1. The van der Waals surface area contributed by atoms with Crippen molar-refractivity contribution in [1.82, 2.24) is 14.0 Å². The maximum absolute atomic E-state index is 13.6. The Morgan fingerprint density at radius 3 is 2.72 bits per heavy atom. The van der Waals surface area contributed by atoms with E-state index in [1.165, 1.54) is 39.3 Å². The lowest BCUT2D eigenvalue weighted by Crippen LogP contribution is -2.35. The first-order valence-corrected chi connectivity index (χ1v) is 12.5. The molecule has 5 rings (SSSR count). The van der Waals surface area contributed by atoms with Crippen LogP contribution in [0.3, 0.4) is 0 Å². The summed E-state index contributed by atoms with van der Waals surface area (Å²) in [6, 6.07) is 10.3. The van der Waals surface area contributed by atoms with Crippen molar-refractivity contribution in [2.75, 3.05) is 13.2 Å². The molecule has 1 atom stereocenters. The minimum atomic E-state index is -0.929. The first-order valence-electron chi connectivity index (χ1n) is 12.5. The van der Waals surface area contributed by atoms with Crippen molar-refractivity contribution < 1.29 is 24.0 Å². The van der Waals surface area contributed by atoms with E-state index >= 15 is 0 Å². The Bertz CT molecular complexity index is 1770. The second-order valence-corrected chi connectivity index (χ2v) is 9.08. The molecule has 1 aliphatic heterocycles. The first-order chi connectivity index (χ1) is 18.8. The van der Waals surface area contributed by atoms with Gasteiger partial charge in [-0.1, -0.05) is 18.2 Å². The maximum atomic E-state index is 13.6. The SMILES string of the molecule is CCOC(=O)c1cc2c(=O)n3cccc(C)c3nc2n(CC2CCCO2)c1=NC(=O)c1ccccc1[N+](=O)[O-]. The zero-order valence-corrected chi connectivity index (χ0v) is 21.3. The monoisotopic (exact) mass is 531 g/mol. The van der Waals surface area contributed by atoms with Gasteiger partial charge >= 0.3 is 5.97 Å². The van der Waals surface area contributed by atoms with E-state index < -0.39 is 28.0 Å². The van der Waals surface area contributed by atoms with Crippen molar-refractivity contribution in [1.29, 1.82) is 0 Å². The minimum Gasteiger partial charge on any atom is -0.462 e. The molecule has 12 heteroatoms. The van der Waals surface area contributed by atoms with Gasteiger partial charge < -0.3 is 14.0 Å². The van der Waals surface area contributed by atoms with Crippen molar-refractivity contribution in [3.05, 3.63) is 91.3 Å². The number of carbonyl (C=O) groups is 2. The van der Waals surface area contributed by atoms with E-state index in [0.29, 0.717) is 18.7 Å². The smallest absolute Gasteiger partial charge is 0.341 e. The highest BCUT2D eigenvalue weighted by Crippen LogP contribution is 2.20. The molecule has 4 heterocycles. The molecule has 39 heavy (non-hydrogen) atoms. The fourth-order valence-electron chi connectivity index (χ4n) is 4.70. The van der Waals surface area contributed by atoms with Gasteiger partial charge in [-0.05, 0) is 50.5 Å². The molecule has 0 radical (unpaired) electrons. The Morgan fingerprint density at radius 1 is 1.21 bits per heavy atom. The third kappa shape index (κ3) is 4.81. The summed E-state index contributed by atoms with van der Waals surface area (Å²) in [6.07, 6.45) is 2.83. The molecular weight excluding hydrogens is 506 g/mol. The molecule has 1 unspecified atom stereocenters. The number of ether oxygens (including phenoxy) is 2. The summed E-state index contributed by atoms with van der Waals surface area (Å²) in [7, 11) is 0. The average molecular weight is 532 g/mol. The van der Waals surface area contributed by atoms with Crippen LogP contribution in [-0.2, 0) is 16.0 Å². The molecule has 3 aromatic heterocycles. The molecular formula is C27H25N5O7. The number of nitro benzene ring substituents is 1. The van der Waals surface area contributed by atoms with Crippen LogP contribution in [0.15, 0.2) is 58.4 Å². The van der Waals surface area contributed by atoms with Crippen LogP contribution in [0.2, 0.25) is 0 Å². The topological polar surface area (TPSA) is 147 Å². The number of benzene rings is 1. The number of nitrogens with zero attached hydrogens (tertiary/aromatic N) is 5. The lowest BCUT2D eigenvalue weighted by molar-refractivity contribution is -0.385. The summed E-state index contributed by atoms with van der Waals surface area (Å²) >= 11 is 0. The number of carbonyl (C=O) groups excluding carboxylic acids is 2. The summed E-state index contributed by atoms with van der Waals surface area (Å²) in [5, 5.41) is 11.7. The number of amides is 1. The largest absolute Gasteiger partial charge is 0.462 e. The van der Waals surface area contributed by atoms with Crippen LogP contribution in [0.5, 0.6) is 0 Å². The summed E-state index contributed by atoms with van der Waals surface area (Å²) in [5.74, 6) is -1.73. The molecule has 1 aromatic carbocycles. The Kier molecular flexibility index (Phi) is 7.03. The normalized spacial score (nSPS) is 15.6. The van der Waals surface area contributed by atoms with Gasteiger partial charge in [-0.3, -0.25) is 24.1 Å². The molecule has 1 saturated heterocycles. The number of rotatable bonds is 6. The van der Waals surface area contributed by atoms with E-state index in [-0.39, 0.29) is 46.9 Å². The number of nitro groups is 1. The van der Waals surface area contributed by atoms with Crippen LogP contribution in [-0.4, -0.2) is 50.1 Å². The van der Waals surface area contributed by atoms with Crippen LogP contribution in [0, 0.1) is 17.0 Å². The minimum absolute atomic E-state index is 0.0360. The fraction of sp³-hybridized carbons (Fsp3) is 0.296. The van der Waals surface area contributed by atoms with Crippen molar-refractivity contribution in [2.24, 2.45) is 4.99 Å². The Labute approximate surface area is 221 Å². The molecule has 1 amide bonds. The molecule has 0 aliphatic carbocycles. The van der Waals surface area contributed by atoms with Crippen molar-refractivity contribution in [3.8, 4) is 0 Å². The van der Waals surface area contributed by atoms with Gasteiger partial charge in [0.25, 0.3) is 17.2 Å². The number of fused-ring (bicyclic) bond motifs is 2. The molecule has 4 aromatic rings. The van der Waals surface area contributed by atoms with Gasteiger partial charge in [0.1, 0.15) is 22.4 Å². The third-order valence-electron chi connectivity index (χ3n) is 6.55. The maximum Gasteiger partial charge on any atom is 0.341 e. The van der Waals surface area contributed by atoms with E-state index in [4.69, 9.17) is 14.5 Å². The second kappa shape index (κ2) is 10.6. The van der Waals surface area contributed by atoms with E-state index in [1.54, 1.807) is 19.2 Å². The van der Waals surface area contributed by atoms with Crippen molar-refractivity contribution in [3.63, 3.8) is 0 Å². The van der Waals surface area contributed by atoms with E-state index in [0.717, 1.165) is 12.0 Å². The predicted molar refractivity (Wildman–Crippen MR) is 140 cm³/mol. The summed E-state index contributed by atoms with van der Waals surface area (Å²) in [5.41, 5.74) is -0.00371. The van der Waals surface area contributed by atoms with E-state index in [1.807, 2.05) is 13.0 Å². The standard InChI is InChI=1S/C27H25N5O7/c1-3-38-27(35)20-14-19-23(28-22-16(2)8-6-12-30(22)26(19)34)31(15-17-9-7-13-39-17)24(20)29-25(33)18-10-4-5-11-21(18)32(36)37/h4-6,8,10-12,14,17H,3,7,9,13,15H2,1-2H3.